The summed E-state index contributed by atoms with van der Waals surface area (Å²) >= 11 is 0. The van der Waals surface area contributed by atoms with E-state index in [1.807, 2.05) is 0 Å². The lowest BCUT2D eigenvalue weighted by molar-refractivity contribution is 0.217. The van der Waals surface area contributed by atoms with Crippen molar-refractivity contribution in [1.29, 1.82) is 0 Å². The van der Waals surface area contributed by atoms with Crippen LogP contribution in [0.3, 0.4) is 0 Å². The molecule has 0 aromatic rings. The molecule has 0 bridgehead atoms. The minimum atomic E-state index is 0.303. The predicted octanol–water partition coefficient (Wildman–Crippen LogP) is 3.02. The van der Waals surface area contributed by atoms with Crippen LogP contribution in [-0.4, -0.2) is 19.6 Å². The lowest BCUT2D eigenvalue weighted by Crippen LogP contribution is -2.42. The highest BCUT2D eigenvalue weighted by molar-refractivity contribution is 4.81. The average Bonchev–Trinajstić information content (AvgIpc) is 2.23. The van der Waals surface area contributed by atoms with Gasteiger partial charge in [-0.05, 0) is 42.7 Å². The summed E-state index contributed by atoms with van der Waals surface area (Å²) in [7, 11) is 0. The van der Waals surface area contributed by atoms with Crippen molar-refractivity contribution in [3.63, 3.8) is 0 Å². The van der Waals surface area contributed by atoms with Crippen molar-refractivity contribution in [3.05, 3.63) is 0 Å². The number of hydrogen-bond donors (Lipinski definition) is 2. The van der Waals surface area contributed by atoms with Gasteiger partial charge in [-0.25, -0.2) is 0 Å². The molecule has 0 amide bonds. The Kier molecular flexibility index (Phi) is 6.57. The van der Waals surface area contributed by atoms with Gasteiger partial charge in [0.1, 0.15) is 0 Å². The molecule has 0 radical (unpaired) electrons. The molecule has 0 heterocycles. The maximum Gasteiger partial charge on any atom is 0.00198 e. The quantitative estimate of drug-likeness (QED) is 0.703. The van der Waals surface area contributed by atoms with Gasteiger partial charge in [-0.15, -0.1) is 0 Å². The molecule has 0 saturated carbocycles. The van der Waals surface area contributed by atoms with Crippen molar-refractivity contribution < 1.29 is 0 Å². The average molecular weight is 228 g/mol. The van der Waals surface area contributed by atoms with Gasteiger partial charge >= 0.3 is 0 Å². The SMILES string of the molecule is CCC(CC)(CN)CNCC(C)C(C)(C)C. The normalized spacial score (nSPS) is 15.2. The number of nitrogens with two attached hydrogens (primary N) is 1. The van der Waals surface area contributed by atoms with Crippen molar-refractivity contribution in [3.8, 4) is 0 Å². The molecule has 0 aliphatic rings. The lowest BCUT2D eigenvalue weighted by Gasteiger charge is -2.33. The Morgan fingerprint density at radius 1 is 1.12 bits per heavy atom. The number of nitrogens with one attached hydrogen (secondary N) is 1. The van der Waals surface area contributed by atoms with Crippen LogP contribution in [0.25, 0.3) is 0 Å². The van der Waals surface area contributed by atoms with Crippen LogP contribution in [0.5, 0.6) is 0 Å². The summed E-state index contributed by atoms with van der Waals surface area (Å²) in [5.41, 5.74) is 6.58. The van der Waals surface area contributed by atoms with Crippen LogP contribution in [0.4, 0.5) is 0 Å². The van der Waals surface area contributed by atoms with Crippen molar-refractivity contribution in [1.82, 2.24) is 5.32 Å². The summed E-state index contributed by atoms with van der Waals surface area (Å²) in [6.45, 7) is 16.6. The van der Waals surface area contributed by atoms with Crippen molar-refractivity contribution in [2.45, 2.75) is 54.4 Å². The van der Waals surface area contributed by atoms with Crippen molar-refractivity contribution >= 4 is 0 Å². The molecule has 98 valence electrons. The van der Waals surface area contributed by atoms with Crippen molar-refractivity contribution in [2.24, 2.45) is 22.5 Å². The molecule has 2 heteroatoms. The predicted molar refractivity (Wildman–Crippen MR) is 73.6 cm³/mol. The first kappa shape index (κ1) is 15.9. The van der Waals surface area contributed by atoms with Crippen molar-refractivity contribution in [2.75, 3.05) is 19.6 Å². The highest BCUT2D eigenvalue weighted by Crippen LogP contribution is 2.26. The highest BCUT2D eigenvalue weighted by atomic mass is 14.9. The molecule has 1 atom stereocenters. The van der Waals surface area contributed by atoms with E-state index in [0.29, 0.717) is 16.7 Å². The Labute approximate surface area is 102 Å². The van der Waals surface area contributed by atoms with Crippen LogP contribution in [-0.2, 0) is 0 Å². The molecular weight excluding hydrogens is 196 g/mol. The van der Waals surface area contributed by atoms with Gasteiger partial charge in [0, 0.05) is 6.54 Å². The molecule has 3 N–H and O–H groups in total. The van der Waals surface area contributed by atoms with Crippen LogP contribution in [0.1, 0.15) is 54.4 Å². The Bertz CT molecular complexity index is 169. The number of rotatable bonds is 7. The fraction of sp³-hybridized carbons (Fsp3) is 1.00. The summed E-state index contributed by atoms with van der Waals surface area (Å²) in [5.74, 6) is 0.691. The molecule has 0 rings (SSSR count). The smallest absolute Gasteiger partial charge is 0.00198 e. The van der Waals surface area contributed by atoms with Crippen LogP contribution in [0.15, 0.2) is 0 Å². The third kappa shape index (κ3) is 4.84. The van der Waals surface area contributed by atoms with Gasteiger partial charge in [0.2, 0.25) is 0 Å². The van der Waals surface area contributed by atoms with E-state index in [1.165, 1.54) is 0 Å². The fourth-order valence-corrected chi connectivity index (χ4v) is 1.72. The standard InChI is InChI=1S/C14H32N2/c1-7-14(8-2,10-15)11-16-9-12(3)13(4,5)6/h12,16H,7-11,15H2,1-6H3. The van der Waals surface area contributed by atoms with E-state index in [0.717, 1.165) is 32.5 Å². The second-order valence-corrected chi connectivity index (χ2v) is 6.31. The van der Waals surface area contributed by atoms with E-state index in [1.54, 1.807) is 0 Å². The van der Waals surface area contributed by atoms with Gasteiger partial charge in [-0.1, -0.05) is 41.5 Å². The Hall–Kier alpha value is -0.0800. The minimum absolute atomic E-state index is 0.303. The van der Waals surface area contributed by atoms with E-state index >= 15 is 0 Å². The maximum atomic E-state index is 5.89. The van der Waals surface area contributed by atoms with Crippen LogP contribution >= 0.6 is 0 Å². The molecule has 0 aliphatic carbocycles. The summed E-state index contributed by atoms with van der Waals surface area (Å²) in [6.07, 6.45) is 2.33. The molecule has 16 heavy (non-hydrogen) atoms. The topological polar surface area (TPSA) is 38.0 Å². The monoisotopic (exact) mass is 228 g/mol. The first-order valence-electron chi connectivity index (χ1n) is 6.72. The minimum Gasteiger partial charge on any atom is -0.330 e. The van der Waals surface area contributed by atoms with E-state index in [-0.39, 0.29) is 0 Å². The van der Waals surface area contributed by atoms with Gasteiger partial charge < -0.3 is 11.1 Å². The second-order valence-electron chi connectivity index (χ2n) is 6.31. The molecule has 0 fully saturated rings. The zero-order valence-corrected chi connectivity index (χ0v) is 12.2. The van der Waals surface area contributed by atoms with Gasteiger partial charge in [-0.2, -0.15) is 0 Å². The Morgan fingerprint density at radius 2 is 1.62 bits per heavy atom. The highest BCUT2D eigenvalue weighted by Gasteiger charge is 2.25. The molecule has 2 nitrogen and oxygen atoms in total. The van der Waals surface area contributed by atoms with E-state index in [4.69, 9.17) is 5.73 Å². The summed E-state index contributed by atoms with van der Waals surface area (Å²) in [5, 5.41) is 3.61. The Morgan fingerprint density at radius 3 is 1.94 bits per heavy atom. The largest absolute Gasteiger partial charge is 0.330 e. The van der Waals surface area contributed by atoms with Crippen LogP contribution < -0.4 is 11.1 Å². The fourth-order valence-electron chi connectivity index (χ4n) is 1.72. The first-order chi connectivity index (χ1) is 7.31. The van der Waals surface area contributed by atoms with Gasteiger partial charge in [0.05, 0.1) is 0 Å². The second kappa shape index (κ2) is 6.61. The van der Waals surface area contributed by atoms with Crippen LogP contribution in [0.2, 0.25) is 0 Å². The maximum absolute atomic E-state index is 5.89. The third-order valence-electron chi connectivity index (χ3n) is 4.36. The number of hydrogen-bond acceptors (Lipinski definition) is 2. The van der Waals surface area contributed by atoms with Crippen LogP contribution in [0, 0.1) is 16.7 Å². The molecule has 0 aromatic carbocycles. The van der Waals surface area contributed by atoms with Gasteiger partial charge in [-0.3, -0.25) is 0 Å². The lowest BCUT2D eigenvalue weighted by atomic mass is 9.80. The molecule has 0 spiro atoms. The van der Waals surface area contributed by atoms with E-state index in [2.05, 4.69) is 46.9 Å². The third-order valence-corrected chi connectivity index (χ3v) is 4.36. The summed E-state index contributed by atoms with van der Waals surface area (Å²) in [6, 6.07) is 0. The van der Waals surface area contributed by atoms with E-state index < -0.39 is 0 Å². The first-order valence-corrected chi connectivity index (χ1v) is 6.72. The molecular formula is C14H32N2. The summed E-state index contributed by atoms with van der Waals surface area (Å²) in [4.78, 5) is 0. The Balaban J connectivity index is 4.05. The molecule has 0 aliphatic heterocycles. The zero-order valence-electron chi connectivity index (χ0n) is 12.2. The van der Waals surface area contributed by atoms with Gasteiger partial charge in [0.15, 0.2) is 0 Å². The van der Waals surface area contributed by atoms with E-state index in [9.17, 15) is 0 Å². The molecule has 0 aromatic heterocycles. The molecule has 1 unspecified atom stereocenters. The zero-order chi connectivity index (χ0) is 12.8. The van der Waals surface area contributed by atoms with Gasteiger partial charge in [0.25, 0.3) is 0 Å². The molecule has 0 saturated heterocycles. The summed E-state index contributed by atoms with van der Waals surface area (Å²) < 4.78 is 0.